The molecule has 2 rings (SSSR count). The van der Waals surface area contributed by atoms with Crippen LogP contribution in [-0.2, 0) is 6.42 Å². The van der Waals surface area contributed by atoms with E-state index in [9.17, 15) is 0 Å². The van der Waals surface area contributed by atoms with Crippen LogP contribution in [0.25, 0.3) is 0 Å². The molecule has 0 saturated carbocycles. The normalized spacial score (nSPS) is 12.8. The lowest BCUT2D eigenvalue weighted by Gasteiger charge is -2.17. The summed E-state index contributed by atoms with van der Waals surface area (Å²) in [6.07, 6.45) is 2.36. The SMILES string of the molecule is CCNC(CCc1cccs1)c1cscc1C. The van der Waals surface area contributed by atoms with E-state index < -0.39 is 0 Å². The van der Waals surface area contributed by atoms with Crippen molar-refractivity contribution in [2.24, 2.45) is 0 Å². The Labute approximate surface area is 112 Å². The van der Waals surface area contributed by atoms with Gasteiger partial charge in [-0.15, -0.1) is 11.3 Å². The predicted octanol–water partition coefficient (Wildman–Crippen LogP) is 4.40. The summed E-state index contributed by atoms with van der Waals surface area (Å²) >= 11 is 3.67. The summed E-state index contributed by atoms with van der Waals surface area (Å²) in [5, 5.41) is 10.3. The minimum absolute atomic E-state index is 0.508. The van der Waals surface area contributed by atoms with Crippen molar-refractivity contribution in [3.05, 3.63) is 44.3 Å². The van der Waals surface area contributed by atoms with Gasteiger partial charge in [0.15, 0.2) is 0 Å². The van der Waals surface area contributed by atoms with Crippen LogP contribution in [0, 0.1) is 6.92 Å². The fourth-order valence-corrected chi connectivity index (χ4v) is 3.71. The zero-order valence-electron chi connectivity index (χ0n) is 10.4. The second-order valence-electron chi connectivity index (χ2n) is 4.24. The molecule has 1 atom stereocenters. The van der Waals surface area contributed by atoms with Crippen LogP contribution in [0.5, 0.6) is 0 Å². The molecule has 0 aliphatic carbocycles. The molecule has 0 aromatic carbocycles. The first-order valence-electron chi connectivity index (χ1n) is 6.09. The zero-order chi connectivity index (χ0) is 12.1. The lowest BCUT2D eigenvalue weighted by atomic mass is 10.0. The summed E-state index contributed by atoms with van der Waals surface area (Å²) in [5.41, 5.74) is 2.90. The number of hydrogen-bond acceptors (Lipinski definition) is 3. The predicted molar refractivity (Wildman–Crippen MR) is 78.1 cm³/mol. The summed E-state index contributed by atoms with van der Waals surface area (Å²) in [7, 11) is 0. The van der Waals surface area contributed by atoms with Gasteiger partial charge in [0, 0.05) is 10.9 Å². The molecular formula is C14H19NS2. The minimum atomic E-state index is 0.508. The molecule has 2 aromatic rings. The first-order chi connectivity index (χ1) is 8.31. The van der Waals surface area contributed by atoms with E-state index in [1.807, 2.05) is 11.3 Å². The Hall–Kier alpha value is -0.640. The smallest absolute Gasteiger partial charge is 0.0334 e. The molecule has 0 radical (unpaired) electrons. The van der Waals surface area contributed by atoms with Gasteiger partial charge in [0.1, 0.15) is 0 Å². The fraction of sp³-hybridized carbons (Fsp3) is 0.429. The molecule has 0 saturated heterocycles. The van der Waals surface area contributed by atoms with Gasteiger partial charge in [-0.2, -0.15) is 11.3 Å². The summed E-state index contributed by atoms with van der Waals surface area (Å²) in [6, 6.07) is 4.88. The third-order valence-electron chi connectivity index (χ3n) is 2.98. The second-order valence-corrected chi connectivity index (χ2v) is 6.01. The first kappa shape index (κ1) is 12.8. The van der Waals surface area contributed by atoms with Gasteiger partial charge in [-0.1, -0.05) is 13.0 Å². The highest BCUT2D eigenvalue weighted by Gasteiger charge is 2.13. The Morgan fingerprint density at radius 3 is 2.82 bits per heavy atom. The first-order valence-corrected chi connectivity index (χ1v) is 7.92. The van der Waals surface area contributed by atoms with Crippen LogP contribution in [-0.4, -0.2) is 6.54 Å². The van der Waals surface area contributed by atoms with Crippen LogP contribution >= 0.6 is 22.7 Å². The summed E-state index contributed by atoms with van der Waals surface area (Å²) in [6.45, 7) is 5.42. The van der Waals surface area contributed by atoms with Gasteiger partial charge in [0.2, 0.25) is 0 Å². The molecule has 0 bridgehead atoms. The van der Waals surface area contributed by atoms with Gasteiger partial charge in [-0.3, -0.25) is 0 Å². The van der Waals surface area contributed by atoms with Crippen LogP contribution in [0.3, 0.4) is 0 Å². The van der Waals surface area contributed by atoms with Gasteiger partial charge in [0.05, 0.1) is 0 Å². The highest BCUT2D eigenvalue weighted by atomic mass is 32.1. The summed E-state index contributed by atoms with van der Waals surface area (Å²) < 4.78 is 0. The summed E-state index contributed by atoms with van der Waals surface area (Å²) in [4.78, 5) is 1.49. The van der Waals surface area contributed by atoms with Gasteiger partial charge in [-0.05, 0) is 59.6 Å². The van der Waals surface area contributed by atoms with Crippen LogP contribution in [0.2, 0.25) is 0 Å². The van der Waals surface area contributed by atoms with E-state index in [4.69, 9.17) is 0 Å². The van der Waals surface area contributed by atoms with Crippen LogP contribution in [0.4, 0.5) is 0 Å². The van der Waals surface area contributed by atoms with Crippen molar-refractivity contribution in [3.63, 3.8) is 0 Å². The van der Waals surface area contributed by atoms with Crippen molar-refractivity contribution in [2.45, 2.75) is 32.7 Å². The number of aryl methyl sites for hydroxylation is 2. The van der Waals surface area contributed by atoms with Gasteiger partial charge in [0.25, 0.3) is 0 Å². The Morgan fingerprint density at radius 1 is 1.35 bits per heavy atom. The number of hydrogen-bond donors (Lipinski definition) is 1. The van der Waals surface area contributed by atoms with E-state index in [0.29, 0.717) is 6.04 Å². The Kier molecular flexibility index (Phi) is 4.77. The number of nitrogens with one attached hydrogen (secondary N) is 1. The molecule has 2 aromatic heterocycles. The molecule has 17 heavy (non-hydrogen) atoms. The van der Waals surface area contributed by atoms with E-state index in [-0.39, 0.29) is 0 Å². The van der Waals surface area contributed by atoms with Crippen LogP contribution in [0.15, 0.2) is 28.3 Å². The van der Waals surface area contributed by atoms with Crippen molar-refractivity contribution in [1.29, 1.82) is 0 Å². The van der Waals surface area contributed by atoms with E-state index >= 15 is 0 Å². The lowest BCUT2D eigenvalue weighted by molar-refractivity contribution is 0.516. The average Bonchev–Trinajstić information content (AvgIpc) is 2.95. The van der Waals surface area contributed by atoms with Crippen LogP contribution in [0.1, 0.15) is 35.4 Å². The van der Waals surface area contributed by atoms with E-state index in [0.717, 1.165) is 6.54 Å². The summed E-state index contributed by atoms with van der Waals surface area (Å²) in [5.74, 6) is 0. The molecule has 0 aliphatic heterocycles. The maximum atomic E-state index is 3.60. The number of rotatable bonds is 6. The van der Waals surface area contributed by atoms with E-state index in [2.05, 4.69) is 47.4 Å². The molecule has 1 nitrogen and oxygen atoms in total. The fourth-order valence-electron chi connectivity index (χ4n) is 2.08. The Morgan fingerprint density at radius 2 is 2.24 bits per heavy atom. The minimum Gasteiger partial charge on any atom is -0.310 e. The van der Waals surface area contributed by atoms with Gasteiger partial charge in [-0.25, -0.2) is 0 Å². The maximum Gasteiger partial charge on any atom is 0.0334 e. The van der Waals surface area contributed by atoms with E-state index in [1.54, 1.807) is 11.3 Å². The van der Waals surface area contributed by atoms with Crippen LogP contribution < -0.4 is 5.32 Å². The van der Waals surface area contributed by atoms with Crippen molar-refractivity contribution in [3.8, 4) is 0 Å². The maximum absolute atomic E-state index is 3.60. The largest absolute Gasteiger partial charge is 0.310 e. The Balaban J connectivity index is 2.00. The van der Waals surface area contributed by atoms with Crippen molar-refractivity contribution >= 4 is 22.7 Å². The molecule has 2 heterocycles. The topological polar surface area (TPSA) is 12.0 Å². The lowest BCUT2D eigenvalue weighted by Crippen LogP contribution is -2.21. The quantitative estimate of drug-likeness (QED) is 0.816. The third-order valence-corrected chi connectivity index (χ3v) is 4.80. The zero-order valence-corrected chi connectivity index (χ0v) is 12.0. The van der Waals surface area contributed by atoms with E-state index in [1.165, 1.54) is 28.8 Å². The standard InChI is InChI=1S/C14H19NS2/c1-3-15-14(13-10-16-9-11(13)2)7-6-12-5-4-8-17-12/h4-5,8-10,14-15H,3,6-7H2,1-2H3. The monoisotopic (exact) mass is 265 g/mol. The molecule has 0 fully saturated rings. The molecule has 3 heteroatoms. The Bertz CT molecular complexity index is 431. The van der Waals surface area contributed by atoms with Crippen molar-refractivity contribution in [2.75, 3.05) is 6.54 Å². The molecule has 0 spiro atoms. The highest BCUT2D eigenvalue weighted by molar-refractivity contribution is 7.09. The number of thiophene rings is 2. The average molecular weight is 265 g/mol. The third kappa shape index (κ3) is 3.41. The van der Waals surface area contributed by atoms with Crippen molar-refractivity contribution < 1.29 is 0 Å². The molecule has 1 unspecified atom stereocenters. The molecule has 0 amide bonds. The molecule has 0 aliphatic rings. The van der Waals surface area contributed by atoms with Crippen molar-refractivity contribution in [1.82, 2.24) is 5.32 Å². The molecule has 1 N–H and O–H groups in total. The highest BCUT2D eigenvalue weighted by Crippen LogP contribution is 2.26. The van der Waals surface area contributed by atoms with Gasteiger partial charge >= 0.3 is 0 Å². The second kappa shape index (κ2) is 6.34. The molecule has 92 valence electrons. The molecular weight excluding hydrogens is 246 g/mol. The van der Waals surface area contributed by atoms with Gasteiger partial charge < -0.3 is 5.32 Å².